The van der Waals surface area contributed by atoms with E-state index in [1.165, 1.54) is 12.7 Å². The van der Waals surface area contributed by atoms with E-state index in [0.29, 0.717) is 0 Å². The van der Waals surface area contributed by atoms with Gasteiger partial charge in [0.25, 0.3) is 0 Å². The number of nitrogens with zero attached hydrogens (tertiary/aromatic N) is 4. The lowest BCUT2D eigenvalue weighted by Crippen LogP contribution is -2.43. The summed E-state index contributed by atoms with van der Waals surface area (Å²) in [7, 11) is 0. The molecule has 1 fully saturated rings. The predicted octanol–water partition coefficient (Wildman–Crippen LogP) is 1.15. The fourth-order valence-electron chi connectivity index (χ4n) is 2.29. The van der Waals surface area contributed by atoms with Crippen LogP contribution in [0.15, 0.2) is 17.6 Å². The largest absolute Gasteiger partial charge is 0.462 e. The second kappa shape index (κ2) is 9.00. The van der Waals surface area contributed by atoms with Crippen LogP contribution in [0.4, 0.5) is 9.18 Å². The molecule has 10 nitrogen and oxygen atoms in total. The van der Waals surface area contributed by atoms with Gasteiger partial charge in [-0.25, -0.2) is 18.9 Å². The molecule has 0 saturated carbocycles. The van der Waals surface area contributed by atoms with Crippen molar-refractivity contribution in [3.8, 4) is 0 Å². The highest BCUT2D eigenvalue weighted by Crippen LogP contribution is 2.33. The SMILES string of the molecule is CC(C)C(=O)OC[C@]1(CCl)C[C@@H](F)[C@H](NC(=O)/N=C(\C=N)n2cncn2)O1. The van der Waals surface area contributed by atoms with Crippen molar-refractivity contribution in [2.24, 2.45) is 10.9 Å². The molecular formula is C15H20ClFN6O4. The summed E-state index contributed by atoms with van der Waals surface area (Å²) >= 11 is 5.90. The Morgan fingerprint density at radius 1 is 1.63 bits per heavy atom. The van der Waals surface area contributed by atoms with Crippen LogP contribution in [0.25, 0.3) is 0 Å². The molecule has 1 aliphatic rings. The van der Waals surface area contributed by atoms with E-state index in [9.17, 15) is 14.0 Å². The van der Waals surface area contributed by atoms with Crippen LogP contribution >= 0.6 is 11.6 Å². The van der Waals surface area contributed by atoms with E-state index in [1.807, 2.05) is 0 Å². The van der Waals surface area contributed by atoms with Gasteiger partial charge in [-0.05, 0) is 0 Å². The molecule has 0 spiro atoms. The molecule has 0 bridgehead atoms. The number of aromatic nitrogens is 3. The van der Waals surface area contributed by atoms with Crippen molar-refractivity contribution in [1.29, 1.82) is 5.41 Å². The van der Waals surface area contributed by atoms with Crippen LogP contribution in [0.3, 0.4) is 0 Å². The molecule has 3 atom stereocenters. The maximum absolute atomic E-state index is 14.3. The van der Waals surface area contributed by atoms with E-state index in [-0.39, 0.29) is 30.7 Å². The normalized spacial score (nSPS) is 25.4. The van der Waals surface area contributed by atoms with Crippen molar-refractivity contribution >= 4 is 35.7 Å². The first kappa shape index (κ1) is 20.9. The highest BCUT2D eigenvalue weighted by atomic mass is 35.5. The quantitative estimate of drug-likeness (QED) is 0.317. The smallest absolute Gasteiger partial charge is 0.345 e. The fourth-order valence-corrected chi connectivity index (χ4v) is 2.54. The van der Waals surface area contributed by atoms with Crippen LogP contribution < -0.4 is 5.32 Å². The number of ether oxygens (including phenoxy) is 2. The van der Waals surface area contributed by atoms with Gasteiger partial charge in [-0.2, -0.15) is 10.1 Å². The molecule has 0 aliphatic carbocycles. The molecular weight excluding hydrogens is 383 g/mol. The van der Waals surface area contributed by atoms with Crippen LogP contribution in [0, 0.1) is 11.3 Å². The van der Waals surface area contributed by atoms with Gasteiger partial charge in [0.2, 0.25) is 0 Å². The summed E-state index contributed by atoms with van der Waals surface area (Å²) in [5.41, 5.74) is -1.25. The fraction of sp³-hybridized carbons (Fsp3) is 0.600. The molecule has 1 saturated heterocycles. The van der Waals surface area contributed by atoms with E-state index >= 15 is 0 Å². The Labute approximate surface area is 159 Å². The van der Waals surface area contributed by atoms with Gasteiger partial charge in [0, 0.05) is 6.42 Å². The van der Waals surface area contributed by atoms with Gasteiger partial charge in [0.1, 0.15) is 31.0 Å². The van der Waals surface area contributed by atoms with Crippen LogP contribution in [-0.4, -0.2) is 69.3 Å². The molecule has 0 aromatic carbocycles. The molecule has 0 unspecified atom stereocenters. The topological polar surface area (TPSA) is 132 Å². The van der Waals surface area contributed by atoms with Gasteiger partial charge in [-0.1, -0.05) is 13.8 Å². The Morgan fingerprint density at radius 2 is 2.37 bits per heavy atom. The molecule has 148 valence electrons. The molecule has 27 heavy (non-hydrogen) atoms. The number of amides is 2. The van der Waals surface area contributed by atoms with Gasteiger partial charge in [0.05, 0.1) is 18.0 Å². The number of esters is 1. The molecule has 1 aromatic rings. The van der Waals surface area contributed by atoms with E-state index in [1.54, 1.807) is 13.8 Å². The number of rotatable bonds is 6. The summed E-state index contributed by atoms with van der Waals surface area (Å²) in [5.74, 6) is -1.05. The third-order valence-electron chi connectivity index (χ3n) is 3.73. The second-order valence-electron chi connectivity index (χ2n) is 6.24. The Balaban J connectivity index is 2.01. The molecule has 2 N–H and O–H groups in total. The van der Waals surface area contributed by atoms with Crippen molar-refractivity contribution in [2.45, 2.75) is 38.3 Å². The minimum atomic E-state index is -1.57. The molecule has 2 amide bonds. The standard InChI is InChI=1S/C15H20ClFN6O4/c1-9(2)13(24)26-6-15(5-16)3-10(17)12(27-15)22-14(25)21-11(4-18)23-8-19-7-20-23/h4,7-10,12,18H,3,5-6H2,1-2H3,(H,22,25)/b18-4?,21-11+/t10-,12-,15-/m1/s1. The number of nitrogens with one attached hydrogen (secondary N) is 2. The molecule has 0 radical (unpaired) electrons. The molecule has 12 heteroatoms. The first-order valence-electron chi connectivity index (χ1n) is 8.09. The average molecular weight is 403 g/mol. The Hall–Kier alpha value is -2.40. The van der Waals surface area contributed by atoms with E-state index < -0.39 is 30.0 Å². The lowest BCUT2D eigenvalue weighted by Gasteiger charge is -2.26. The third-order valence-corrected chi connectivity index (χ3v) is 4.22. The first-order valence-corrected chi connectivity index (χ1v) is 8.63. The maximum atomic E-state index is 14.3. The zero-order valence-corrected chi connectivity index (χ0v) is 15.5. The highest BCUT2D eigenvalue weighted by molar-refractivity contribution is 6.30. The second-order valence-corrected chi connectivity index (χ2v) is 6.51. The van der Waals surface area contributed by atoms with Gasteiger partial charge in [0.15, 0.2) is 12.1 Å². The first-order chi connectivity index (χ1) is 12.8. The average Bonchev–Trinajstić information content (AvgIpc) is 3.26. The van der Waals surface area contributed by atoms with Gasteiger partial charge < -0.3 is 20.2 Å². The Morgan fingerprint density at radius 3 is 2.93 bits per heavy atom. The Kier molecular flexibility index (Phi) is 6.97. The van der Waals surface area contributed by atoms with E-state index in [4.69, 9.17) is 26.5 Å². The lowest BCUT2D eigenvalue weighted by molar-refractivity contribution is -0.157. The summed E-state index contributed by atoms with van der Waals surface area (Å²) in [5, 5.41) is 13.3. The summed E-state index contributed by atoms with van der Waals surface area (Å²) in [4.78, 5) is 31.0. The van der Waals surface area contributed by atoms with Gasteiger partial charge >= 0.3 is 12.0 Å². The molecule has 1 aromatic heterocycles. The molecule has 1 aliphatic heterocycles. The number of carbonyl (C=O) groups excluding carboxylic acids is 2. The number of hydrogen-bond acceptors (Lipinski definition) is 7. The summed E-state index contributed by atoms with van der Waals surface area (Å²) < 4.78 is 26.1. The zero-order chi connectivity index (χ0) is 20.0. The van der Waals surface area contributed by atoms with E-state index in [0.717, 1.165) is 10.9 Å². The number of alkyl halides is 2. The summed E-state index contributed by atoms with van der Waals surface area (Å²) in [6.07, 6.45) is 0.211. The molecule has 2 rings (SSSR count). The highest BCUT2D eigenvalue weighted by Gasteiger charge is 2.48. The lowest BCUT2D eigenvalue weighted by atomic mass is 10.0. The van der Waals surface area contributed by atoms with Crippen molar-refractivity contribution < 1.29 is 23.5 Å². The zero-order valence-electron chi connectivity index (χ0n) is 14.8. The van der Waals surface area contributed by atoms with Gasteiger partial charge in [-0.3, -0.25) is 4.79 Å². The number of urea groups is 1. The van der Waals surface area contributed by atoms with Crippen molar-refractivity contribution in [1.82, 2.24) is 20.1 Å². The predicted molar refractivity (Wildman–Crippen MR) is 93.8 cm³/mol. The Bertz CT molecular complexity index is 713. The van der Waals surface area contributed by atoms with Crippen molar-refractivity contribution in [3.63, 3.8) is 0 Å². The number of carbonyl (C=O) groups is 2. The number of halogens is 2. The molecule has 2 heterocycles. The summed E-state index contributed by atoms with van der Waals surface area (Å²) in [6, 6.07) is -0.929. The van der Waals surface area contributed by atoms with E-state index in [2.05, 4.69) is 20.4 Å². The summed E-state index contributed by atoms with van der Waals surface area (Å²) in [6.45, 7) is 3.11. The van der Waals surface area contributed by atoms with Crippen LogP contribution in [-0.2, 0) is 14.3 Å². The number of aliphatic imine (C=N–C) groups is 1. The van der Waals surface area contributed by atoms with Crippen LogP contribution in [0.5, 0.6) is 0 Å². The van der Waals surface area contributed by atoms with Crippen LogP contribution in [0.1, 0.15) is 20.3 Å². The minimum absolute atomic E-state index is 0.118. The number of hydrogen-bond donors (Lipinski definition) is 2. The van der Waals surface area contributed by atoms with Crippen LogP contribution in [0.2, 0.25) is 0 Å². The monoisotopic (exact) mass is 402 g/mol. The van der Waals surface area contributed by atoms with Crippen molar-refractivity contribution in [3.05, 3.63) is 12.7 Å². The van der Waals surface area contributed by atoms with Crippen molar-refractivity contribution in [2.75, 3.05) is 12.5 Å². The van der Waals surface area contributed by atoms with Gasteiger partial charge in [-0.15, -0.1) is 11.6 Å². The third kappa shape index (κ3) is 5.30. The maximum Gasteiger partial charge on any atom is 0.345 e. The minimum Gasteiger partial charge on any atom is -0.462 e.